The fraction of sp³-hybridized carbons (Fsp3) is 0.206. The van der Waals surface area contributed by atoms with E-state index in [-0.39, 0.29) is 11.7 Å². The van der Waals surface area contributed by atoms with Gasteiger partial charge in [0.25, 0.3) is 5.91 Å². The van der Waals surface area contributed by atoms with Gasteiger partial charge >= 0.3 is 5.91 Å². The summed E-state index contributed by atoms with van der Waals surface area (Å²) in [5, 5.41) is 2.75. The highest BCUT2D eigenvalue weighted by Gasteiger charge is 2.24. The Balaban J connectivity index is 0.00000216. The molecule has 0 saturated heterocycles. The van der Waals surface area contributed by atoms with E-state index in [0.29, 0.717) is 46.2 Å². The number of benzene rings is 2. The van der Waals surface area contributed by atoms with Crippen LogP contribution < -0.4 is 25.8 Å². The Hall–Kier alpha value is -5.69. The van der Waals surface area contributed by atoms with E-state index in [4.69, 9.17) is 5.73 Å². The molecule has 1 aromatic heterocycles. The van der Waals surface area contributed by atoms with Crippen LogP contribution in [0.3, 0.4) is 0 Å². The van der Waals surface area contributed by atoms with Crippen LogP contribution in [-0.2, 0) is 9.59 Å². The second-order valence-electron chi connectivity index (χ2n) is 9.38. The molecule has 0 bridgehead atoms. The minimum absolute atomic E-state index is 0.203. The van der Waals surface area contributed by atoms with Crippen LogP contribution in [0.5, 0.6) is 0 Å². The summed E-state index contributed by atoms with van der Waals surface area (Å²) in [5.74, 6) is 5.03. The first-order chi connectivity index (χ1) is 21.1. The van der Waals surface area contributed by atoms with Crippen LogP contribution in [0.1, 0.15) is 44.5 Å². The van der Waals surface area contributed by atoms with Gasteiger partial charge in [-0.05, 0) is 74.4 Å². The zero-order valence-electron chi connectivity index (χ0n) is 26.0. The Labute approximate surface area is 259 Å². The third-order valence-electron chi connectivity index (χ3n) is 5.92. The number of amidine groups is 1. The molecule has 0 spiro atoms. The first-order valence-electron chi connectivity index (χ1n) is 13.9. The van der Waals surface area contributed by atoms with Gasteiger partial charge in [0.05, 0.1) is 5.69 Å². The molecule has 44 heavy (non-hydrogen) atoms. The number of carbonyl (C=O) groups is 3. The van der Waals surface area contributed by atoms with Crippen LogP contribution >= 0.6 is 0 Å². The smallest absolute Gasteiger partial charge is 0.302 e. The van der Waals surface area contributed by atoms with Gasteiger partial charge in [0.2, 0.25) is 6.41 Å². The minimum atomic E-state index is -0.391. The number of nitrogens with two attached hydrogens (primary N) is 1. The molecule has 0 saturated carbocycles. The van der Waals surface area contributed by atoms with Crippen molar-refractivity contribution < 1.29 is 14.4 Å². The number of anilines is 4. The molecule has 3 rings (SSSR count). The summed E-state index contributed by atoms with van der Waals surface area (Å²) >= 11 is 0. The summed E-state index contributed by atoms with van der Waals surface area (Å²) in [4.78, 5) is 50.4. The Morgan fingerprint density at radius 2 is 1.66 bits per heavy atom. The van der Waals surface area contributed by atoms with Crippen molar-refractivity contribution in [2.75, 3.05) is 34.1 Å². The zero-order valence-corrected chi connectivity index (χ0v) is 26.0. The highest BCUT2D eigenvalue weighted by atomic mass is 16.2. The van der Waals surface area contributed by atoms with Crippen molar-refractivity contribution >= 4 is 46.9 Å². The third-order valence-corrected chi connectivity index (χ3v) is 5.92. The zero-order chi connectivity index (χ0) is 32.6. The lowest BCUT2D eigenvalue weighted by Gasteiger charge is -2.30. The van der Waals surface area contributed by atoms with Gasteiger partial charge in [-0.15, -0.1) is 0 Å². The molecule has 3 amide bonds. The number of hydrogen-bond acceptors (Lipinski definition) is 7. The number of rotatable bonds is 9. The van der Waals surface area contributed by atoms with E-state index < -0.39 is 5.91 Å². The highest BCUT2D eigenvalue weighted by molar-refractivity contribution is 6.20. The van der Waals surface area contributed by atoms with Crippen LogP contribution in [0.15, 0.2) is 102 Å². The van der Waals surface area contributed by atoms with Crippen LogP contribution in [0.25, 0.3) is 0 Å². The fourth-order valence-electron chi connectivity index (χ4n) is 3.90. The first kappa shape index (κ1) is 34.5. The maximum Gasteiger partial charge on any atom is 0.302 e. The van der Waals surface area contributed by atoms with Gasteiger partial charge in [0, 0.05) is 49.1 Å². The van der Waals surface area contributed by atoms with Gasteiger partial charge in [-0.3, -0.25) is 19.3 Å². The van der Waals surface area contributed by atoms with Crippen molar-refractivity contribution in [3.8, 4) is 11.8 Å². The summed E-state index contributed by atoms with van der Waals surface area (Å²) < 4.78 is 0. The summed E-state index contributed by atoms with van der Waals surface area (Å²) in [5.41, 5.74) is 9.21. The largest absolute Gasteiger partial charge is 0.400 e. The Bertz CT molecular complexity index is 1570. The maximum atomic E-state index is 12.7. The van der Waals surface area contributed by atoms with Crippen LogP contribution in [0, 0.1) is 11.8 Å². The van der Waals surface area contributed by atoms with E-state index in [1.165, 1.54) is 22.4 Å². The monoisotopic (exact) mass is 593 g/mol. The topological polar surface area (TPSA) is 124 Å². The summed E-state index contributed by atoms with van der Waals surface area (Å²) in [6, 6.07) is 18.9. The molecule has 2 aromatic carbocycles. The molecule has 0 unspecified atom stereocenters. The molecule has 1 heterocycles. The van der Waals surface area contributed by atoms with Crippen LogP contribution in [0.4, 0.5) is 22.9 Å². The second kappa shape index (κ2) is 17.3. The van der Waals surface area contributed by atoms with E-state index in [0.717, 1.165) is 0 Å². The average Bonchev–Trinajstić information content (AvgIpc) is 3.02. The van der Waals surface area contributed by atoms with Crippen molar-refractivity contribution in [2.24, 2.45) is 10.7 Å². The number of aromatic nitrogens is 1. The molecule has 0 fully saturated rings. The number of nitrogens with one attached hydrogen (secondary N) is 1. The summed E-state index contributed by atoms with van der Waals surface area (Å²) in [6.07, 6.45) is 4.76. The molecular weight excluding hydrogens is 554 g/mol. The van der Waals surface area contributed by atoms with Gasteiger partial charge < -0.3 is 20.9 Å². The fourth-order valence-corrected chi connectivity index (χ4v) is 3.90. The number of allylic oxidation sites excluding steroid dienone is 1. The molecule has 3 N–H and O–H groups in total. The lowest BCUT2D eigenvalue weighted by atomic mass is 10.1. The second-order valence-corrected chi connectivity index (χ2v) is 9.38. The Morgan fingerprint density at radius 3 is 2.20 bits per heavy atom. The molecule has 0 atom stereocenters. The summed E-state index contributed by atoms with van der Waals surface area (Å²) in [6.45, 7) is 11.2. The van der Waals surface area contributed by atoms with Gasteiger partial charge in [0.1, 0.15) is 11.5 Å². The molecule has 0 radical (unpaired) electrons. The van der Waals surface area contributed by atoms with Gasteiger partial charge in [0.15, 0.2) is 5.84 Å². The van der Waals surface area contributed by atoms with Gasteiger partial charge in [-0.1, -0.05) is 44.9 Å². The molecular formula is C34H39N7O3. The van der Waals surface area contributed by atoms with E-state index in [1.807, 2.05) is 0 Å². The van der Waals surface area contributed by atoms with Gasteiger partial charge in [-0.2, -0.15) is 0 Å². The number of likely N-dealkylation sites (N-methyl/N-ethyl adjacent to an activating group) is 1. The van der Waals surface area contributed by atoms with Crippen molar-refractivity contribution in [2.45, 2.75) is 34.1 Å². The molecule has 0 aliphatic heterocycles. The quantitative estimate of drug-likeness (QED) is 0.145. The third kappa shape index (κ3) is 9.16. The maximum absolute atomic E-state index is 12.7. The lowest BCUT2D eigenvalue weighted by molar-refractivity contribution is -0.113. The summed E-state index contributed by atoms with van der Waals surface area (Å²) in [7, 11) is 3.36. The van der Waals surface area contributed by atoms with E-state index in [2.05, 4.69) is 47.6 Å². The van der Waals surface area contributed by atoms with Crippen LogP contribution in [-0.4, -0.2) is 43.1 Å². The molecule has 10 heteroatoms. The molecule has 3 aromatic rings. The standard InChI is InChI=1S/C31H31N7O3.C3H8/c1-6-11-28(40)36(4)25-12-10-13-26(20-25)38(21-39)30(33-7-2)29(22(3)32)37(5)24-17-15-23(16-18-24)31(41)35-27-14-8-9-19-34-27;1-3-2/h7-10,12-21H,2,32H2,1,3-5H3,(H,34,35,41);3H2,1-2H3/b29-22-,33-30?;. The Morgan fingerprint density at radius 1 is 1.00 bits per heavy atom. The number of amides is 3. The number of carbonyl (C=O) groups excluding carboxylic acids is 3. The van der Waals surface area contributed by atoms with Crippen molar-refractivity contribution in [1.82, 2.24) is 4.98 Å². The predicted molar refractivity (Wildman–Crippen MR) is 179 cm³/mol. The minimum Gasteiger partial charge on any atom is -0.400 e. The predicted octanol–water partition coefficient (Wildman–Crippen LogP) is 5.57. The van der Waals surface area contributed by atoms with E-state index in [1.54, 1.807) is 106 Å². The first-order valence-corrected chi connectivity index (χ1v) is 13.9. The normalized spacial score (nSPS) is 10.9. The van der Waals surface area contributed by atoms with E-state index >= 15 is 0 Å². The number of pyridine rings is 1. The molecule has 0 aliphatic rings. The van der Waals surface area contributed by atoms with Crippen molar-refractivity contribution in [3.63, 3.8) is 0 Å². The highest BCUT2D eigenvalue weighted by Crippen LogP contribution is 2.27. The average molecular weight is 594 g/mol. The molecule has 0 aliphatic carbocycles. The SMILES string of the molecule is C=CN=C(/C(=C(\C)N)N(C)c1ccc(C(=O)Nc2ccccn2)cc1)N(C=O)c1cccc(N(C)C(=O)C#CC)c1.CCC. The van der Waals surface area contributed by atoms with E-state index in [9.17, 15) is 14.4 Å². The Kier molecular flexibility index (Phi) is 13.6. The number of hydrogen-bond donors (Lipinski definition) is 2. The number of nitrogens with zero attached hydrogens (tertiary/aromatic N) is 5. The van der Waals surface area contributed by atoms with Crippen LogP contribution in [0.2, 0.25) is 0 Å². The lowest BCUT2D eigenvalue weighted by Crippen LogP contribution is -2.38. The van der Waals surface area contributed by atoms with Crippen molar-refractivity contribution in [1.29, 1.82) is 0 Å². The number of aliphatic imine (C=N–C) groups is 1. The molecule has 228 valence electrons. The van der Waals surface area contributed by atoms with Crippen molar-refractivity contribution in [3.05, 3.63) is 103 Å². The van der Waals surface area contributed by atoms with Gasteiger partial charge in [-0.25, -0.2) is 9.98 Å². The molecule has 10 nitrogen and oxygen atoms in total.